The van der Waals surface area contributed by atoms with Crippen LogP contribution in [0.5, 0.6) is 17.2 Å². The van der Waals surface area contributed by atoms with Gasteiger partial charge in [0.05, 0.1) is 11.6 Å². The number of ether oxygens (including phenoxy) is 3. The van der Waals surface area contributed by atoms with Crippen LogP contribution in [0.4, 0.5) is 10.1 Å². The molecule has 0 saturated heterocycles. The number of methoxy groups -OCH3 is 1. The Balaban J connectivity index is 1.41. The van der Waals surface area contributed by atoms with Crippen molar-refractivity contribution in [2.45, 2.75) is 13.2 Å². The first-order valence-corrected chi connectivity index (χ1v) is 13.2. The molecule has 0 aromatic heterocycles. The van der Waals surface area contributed by atoms with Crippen LogP contribution < -0.4 is 19.5 Å². The summed E-state index contributed by atoms with van der Waals surface area (Å²) in [6.45, 7) is 0.570. The summed E-state index contributed by atoms with van der Waals surface area (Å²) in [4.78, 5) is 12.8. The van der Waals surface area contributed by atoms with Gasteiger partial charge in [0.25, 0.3) is 5.91 Å². The highest BCUT2D eigenvalue weighted by Gasteiger charge is 2.15. The fourth-order valence-corrected chi connectivity index (χ4v) is 4.29. The van der Waals surface area contributed by atoms with Crippen molar-refractivity contribution in [3.8, 4) is 23.3 Å². The number of halogens is 3. The monoisotopic (exact) mass is 620 g/mol. The molecule has 0 aliphatic heterocycles. The maximum Gasteiger partial charge on any atom is 0.266 e. The van der Waals surface area contributed by atoms with Crippen LogP contribution in [0, 0.1) is 17.1 Å². The van der Waals surface area contributed by atoms with Crippen LogP contribution in [0.25, 0.3) is 6.08 Å². The van der Waals surface area contributed by atoms with Gasteiger partial charge in [-0.25, -0.2) is 4.39 Å². The molecule has 4 aromatic rings. The number of rotatable bonds is 10. The Morgan fingerprint density at radius 2 is 1.60 bits per heavy atom. The van der Waals surface area contributed by atoms with Gasteiger partial charge in [-0.2, -0.15) is 5.26 Å². The first kappa shape index (κ1) is 28.7. The van der Waals surface area contributed by atoms with E-state index in [4.69, 9.17) is 25.8 Å². The summed E-state index contributed by atoms with van der Waals surface area (Å²) in [5.41, 5.74) is 2.71. The number of hydrogen-bond donors (Lipinski definition) is 1. The van der Waals surface area contributed by atoms with E-state index in [1.165, 1.54) is 25.3 Å². The van der Waals surface area contributed by atoms with Gasteiger partial charge in [-0.3, -0.25) is 4.79 Å². The van der Waals surface area contributed by atoms with Gasteiger partial charge in [0, 0.05) is 10.7 Å². The molecule has 0 unspecified atom stereocenters. The van der Waals surface area contributed by atoms with Gasteiger partial charge < -0.3 is 19.5 Å². The zero-order valence-electron chi connectivity index (χ0n) is 21.3. The second-order valence-corrected chi connectivity index (χ2v) is 9.80. The lowest BCUT2D eigenvalue weighted by Crippen LogP contribution is -2.13. The van der Waals surface area contributed by atoms with E-state index in [1.54, 1.807) is 60.7 Å². The summed E-state index contributed by atoms with van der Waals surface area (Å²) in [6.07, 6.45) is 1.45. The number of carbonyl (C=O) groups is 1. The molecule has 40 heavy (non-hydrogen) atoms. The summed E-state index contributed by atoms with van der Waals surface area (Å²) in [5.74, 6) is 0.568. The Hall–Kier alpha value is -4.32. The topological polar surface area (TPSA) is 80.6 Å². The quantitative estimate of drug-likeness (QED) is 0.144. The maximum atomic E-state index is 13.2. The normalized spacial score (nSPS) is 10.9. The second kappa shape index (κ2) is 13.7. The number of nitriles is 1. The largest absolute Gasteiger partial charge is 0.493 e. The third-order valence-electron chi connectivity index (χ3n) is 5.66. The van der Waals surface area contributed by atoms with Crippen molar-refractivity contribution in [2.24, 2.45) is 0 Å². The van der Waals surface area contributed by atoms with Gasteiger partial charge in [-0.1, -0.05) is 35.9 Å². The highest BCUT2D eigenvalue weighted by molar-refractivity contribution is 9.10. The van der Waals surface area contributed by atoms with Gasteiger partial charge in [0.1, 0.15) is 36.4 Å². The number of nitrogens with zero attached hydrogens (tertiary/aromatic N) is 1. The SMILES string of the molecule is COc1cc(/C=C(\C#N)C(=O)Nc2ccc(OCc3ccc(Cl)cc3)cc2)cc(Br)c1OCc1ccc(F)cc1. The van der Waals surface area contributed by atoms with E-state index in [0.717, 1.165) is 11.1 Å². The Morgan fingerprint density at radius 3 is 2.23 bits per heavy atom. The molecule has 1 N–H and O–H groups in total. The minimum Gasteiger partial charge on any atom is -0.493 e. The van der Waals surface area contributed by atoms with Crippen LogP contribution in [0.15, 0.2) is 95.0 Å². The molecule has 0 heterocycles. The lowest BCUT2D eigenvalue weighted by atomic mass is 10.1. The molecular weight excluding hydrogens is 599 g/mol. The van der Waals surface area contributed by atoms with Crippen molar-refractivity contribution in [1.29, 1.82) is 5.26 Å². The lowest BCUT2D eigenvalue weighted by Gasteiger charge is -2.14. The molecule has 4 rings (SSSR count). The molecule has 0 fully saturated rings. The van der Waals surface area contributed by atoms with Crippen LogP contribution >= 0.6 is 27.5 Å². The molecule has 4 aromatic carbocycles. The second-order valence-electron chi connectivity index (χ2n) is 8.51. The zero-order valence-corrected chi connectivity index (χ0v) is 23.6. The number of carbonyl (C=O) groups excluding carboxylic acids is 1. The van der Waals surface area contributed by atoms with Crippen LogP contribution in [-0.4, -0.2) is 13.0 Å². The van der Waals surface area contributed by atoms with Crippen molar-refractivity contribution in [1.82, 2.24) is 0 Å². The fraction of sp³-hybridized carbons (Fsp3) is 0.0968. The summed E-state index contributed by atoms with van der Waals surface area (Å²) in [6, 6.07) is 25.5. The molecular formula is C31H23BrClFN2O4. The Morgan fingerprint density at radius 1 is 0.975 bits per heavy atom. The van der Waals surface area contributed by atoms with E-state index < -0.39 is 5.91 Å². The highest BCUT2D eigenvalue weighted by Crippen LogP contribution is 2.38. The minimum absolute atomic E-state index is 0.100. The van der Waals surface area contributed by atoms with Crippen LogP contribution in [0.3, 0.4) is 0 Å². The van der Waals surface area contributed by atoms with Gasteiger partial charge in [-0.15, -0.1) is 0 Å². The predicted octanol–water partition coefficient (Wildman–Crippen LogP) is 7.95. The van der Waals surface area contributed by atoms with Gasteiger partial charge in [0.2, 0.25) is 0 Å². The zero-order chi connectivity index (χ0) is 28.5. The molecule has 9 heteroatoms. The first-order valence-electron chi connectivity index (χ1n) is 12.0. The Labute approximate surface area is 244 Å². The molecule has 202 valence electrons. The molecule has 0 aliphatic rings. The third kappa shape index (κ3) is 7.85. The van der Waals surface area contributed by atoms with Crippen LogP contribution in [0.2, 0.25) is 5.02 Å². The highest BCUT2D eigenvalue weighted by atomic mass is 79.9. The number of amides is 1. The number of nitrogens with one attached hydrogen (secondary N) is 1. The Kier molecular flexibility index (Phi) is 9.79. The standard InChI is InChI=1S/C31H23BrClFN2O4/c1-38-29-16-22(15-28(32)30(29)40-19-21-4-8-25(34)9-5-21)14-23(17-35)31(37)36-26-10-12-27(13-11-26)39-18-20-2-6-24(33)7-3-20/h2-16H,18-19H2,1H3,(H,36,37)/b23-14+. The Bertz CT molecular complexity index is 1550. The molecule has 0 saturated carbocycles. The van der Waals surface area contributed by atoms with Crippen LogP contribution in [0.1, 0.15) is 16.7 Å². The van der Waals surface area contributed by atoms with Gasteiger partial charge in [0.15, 0.2) is 11.5 Å². The summed E-state index contributed by atoms with van der Waals surface area (Å²) in [7, 11) is 1.49. The third-order valence-corrected chi connectivity index (χ3v) is 6.50. The van der Waals surface area contributed by atoms with E-state index in [1.807, 2.05) is 18.2 Å². The molecule has 0 aliphatic carbocycles. The van der Waals surface area contributed by atoms with Crippen molar-refractivity contribution >= 4 is 45.2 Å². The maximum absolute atomic E-state index is 13.2. The van der Waals surface area contributed by atoms with E-state index in [0.29, 0.717) is 44.6 Å². The fourth-order valence-electron chi connectivity index (χ4n) is 3.59. The van der Waals surface area contributed by atoms with Gasteiger partial charge in [-0.05, 0) is 99.4 Å². The van der Waals surface area contributed by atoms with Crippen molar-refractivity contribution in [3.05, 3.63) is 123 Å². The van der Waals surface area contributed by atoms with E-state index in [-0.39, 0.29) is 18.0 Å². The lowest BCUT2D eigenvalue weighted by molar-refractivity contribution is -0.112. The average Bonchev–Trinajstić information content (AvgIpc) is 2.96. The first-order chi connectivity index (χ1) is 19.3. The molecule has 0 radical (unpaired) electrons. The number of anilines is 1. The van der Waals surface area contributed by atoms with Gasteiger partial charge >= 0.3 is 0 Å². The average molecular weight is 622 g/mol. The van der Waals surface area contributed by atoms with Crippen molar-refractivity contribution in [2.75, 3.05) is 12.4 Å². The van der Waals surface area contributed by atoms with Crippen LogP contribution in [-0.2, 0) is 18.0 Å². The molecule has 0 spiro atoms. The van der Waals surface area contributed by atoms with E-state index >= 15 is 0 Å². The summed E-state index contributed by atoms with van der Waals surface area (Å²) >= 11 is 9.37. The molecule has 1 amide bonds. The molecule has 6 nitrogen and oxygen atoms in total. The minimum atomic E-state index is -0.566. The van der Waals surface area contributed by atoms with Crippen molar-refractivity contribution < 1.29 is 23.4 Å². The van der Waals surface area contributed by atoms with E-state index in [9.17, 15) is 14.4 Å². The molecule has 0 atom stereocenters. The summed E-state index contributed by atoms with van der Waals surface area (Å²) < 4.78 is 30.8. The number of benzene rings is 4. The number of hydrogen-bond acceptors (Lipinski definition) is 5. The van der Waals surface area contributed by atoms with Crippen molar-refractivity contribution in [3.63, 3.8) is 0 Å². The van der Waals surface area contributed by atoms with E-state index in [2.05, 4.69) is 21.2 Å². The predicted molar refractivity (Wildman–Crippen MR) is 156 cm³/mol. The molecule has 0 bridgehead atoms. The smallest absolute Gasteiger partial charge is 0.266 e. The summed E-state index contributed by atoms with van der Waals surface area (Å²) in [5, 5.41) is 13.0.